The van der Waals surface area contributed by atoms with Crippen LogP contribution in [0.15, 0.2) is 12.5 Å². The highest BCUT2D eigenvalue weighted by molar-refractivity contribution is 8.00. The number of thioether (sulfide) groups is 1. The van der Waals surface area contributed by atoms with Gasteiger partial charge in [0, 0.05) is 24.5 Å². The number of hydrogen-bond acceptors (Lipinski definition) is 3. The van der Waals surface area contributed by atoms with Gasteiger partial charge >= 0.3 is 5.51 Å². The molecule has 1 atom stereocenters. The van der Waals surface area contributed by atoms with Gasteiger partial charge in [-0.15, -0.1) is 0 Å². The summed E-state index contributed by atoms with van der Waals surface area (Å²) >= 11 is -0.0296. The molecule has 2 N–H and O–H groups in total. The Morgan fingerprint density at radius 2 is 2.25 bits per heavy atom. The summed E-state index contributed by atoms with van der Waals surface area (Å²) in [7, 11) is 0. The Morgan fingerprint density at radius 1 is 1.56 bits per heavy atom. The molecule has 0 aliphatic heterocycles. The van der Waals surface area contributed by atoms with Crippen LogP contribution in [0.3, 0.4) is 0 Å². The van der Waals surface area contributed by atoms with Crippen LogP contribution in [0, 0.1) is 0 Å². The highest BCUT2D eigenvalue weighted by Gasteiger charge is 2.27. The second kappa shape index (κ2) is 5.58. The Kier molecular flexibility index (Phi) is 4.67. The van der Waals surface area contributed by atoms with E-state index in [-0.39, 0.29) is 30.1 Å². The average Bonchev–Trinajstić information content (AvgIpc) is 2.63. The molecule has 0 fully saturated rings. The summed E-state index contributed by atoms with van der Waals surface area (Å²) < 4.78 is 37.4. The molecule has 0 bridgehead atoms. The number of nitrogens with two attached hydrogens (primary N) is 1. The van der Waals surface area contributed by atoms with Crippen molar-refractivity contribution in [2.75, 3.05) is 5.75 Å². The molecule has 0 unspecified atom stereocenters. The maximum Gasteiger partial charge on any atom is 0.441 e. The highest BCUT2D eigenvalue weighted by Crippen LogP contribution is 2.30. The average molecular weight is 253 g/mol. The summed E-state index contributed by atoms with van der Waals surface area (Å²) in [6.07, 6.45) is 3.85. The zero-order chi connectivity index (χ0) is 12.2. The molecular weight excluding hydrogens is 239 g/mol. The molecule has 0 spiro atoms. The van der Waals surface area contributed by atoms with Crippen LogP contribution in [-0.4, -0.2) is 20.8 Å². The molecular formula is C9H14F3N3S. The first kappa shape index (κ1) is 13.4. The third-order valence-electron chi connectivity index (χ3n) is 2.16. The fourth-order valence-electron chi connectivity index (χ4n) is 1.30. The summed E-state index contributed by atoms with van der Waals surface area (Å²) in [6.45, 7) is 2.19. The van der Waals surface area contributed by atoms with Crippen LogP contribution in [0.2, 0.25) is 0 Å². The van der Waals surface area contributed by atoms with Gasteiger partial charge in [0.2, 0.25) is 0 Å². The number of nitrogens with zero attached hydrogens (tertiary/aromatic N) is 2. The van der Waals surface area contributed by atoms with E-state index in [2.05, 4.69) is 4.98 Å². The van der Waals surface area contributed by atoms with Crippen molar-refractivity contribution in [1.29, 1.82) is 0 Å². The van der Waals surface area contributed by atoms with Crippen molar-refractivity contribution in [2.24, 2.45) is 5.73 Å². The first-order valence-electron chi connectivity index (χ1n) is 4.90. The monoisotopic (exact) mass is 253 g/mol. The molecule has 16 heavy (non-hydrogen) atoms. The standard InChI is InChI=1S/C9H14F3N3S/c1-2-7(13)8-5-14-6-15(8)3-4-16-9(10,11)12/h5-7H,2-4,13H2,1H3/t7-/m1/s1. The molecule has 0 aliphatic rings. The van der Waals surface area contributed by atoms with Crippen LogP contribution in [0.1, 0.15) is 25.1 Å². The number of hydrogen-bond donors (Lipinski definition) is 1. The van der Waals surface area contributed by atoms with Gasteiger partial charge in [-0.25, -0.2) is 4.98 Å². The number of halogens is 3. The Hall–Kier alpha value is -0.690. The van der Waals surface area contributed by atoms with Gasteiger partial charge in [0.1, 0.15) is 0 Å². The smallest absolute Gasteiger partial charge is 0.332 e. The van der Waals surface area contributed by atoms with Gasteiger partial charge in [-0.2, -0.15) is 13.2 Å². The van der Waals surface area contributed by atoms with Crippen LogP contribution in [0.25, 0.3) is 0 Å². The summed E-state index contributed by atoms with van der Waals surface area (Å²) in [4.78, 5) is 3.90. The fraction of sp³-hybridized carbons (Fsp3) is 0.667. The lowest BCUT2D eigenvalue weighted by atomic mass is 10.2. The fourth-order valence-corrected chi connectivity index (χ4v) is 1.81. The summed E-state index contributed by atoms with van der Waals surface area (Å²) in [6, 6.07) is -0.168. The molecule has 0 amide bonds. The number of imidazole rings is 1. The Morgan fingerprint density at radius 3 is 2.81 bits per heavy atom. The zero-order valence-corrected chi connectivity index (χ0v) is 9.68. The van der Waals surface area contributed by atoms with Gasteiger partial charge in [0.15, 0.2) is 0 Å². The lowest BCUT2D eigenvalue weighted by molar-refractivity contribution is -0.0328. The molecule has 92 valence electrons. The topological polar surface area (TPSA) is 43.8 Å². The quantitative estimate of drug-likeness (QED) is 0.877. The molecule has 0 aliphatic carbocycles. The van der Waals surface area contributed by atoms with Crippen LogP contribution in [-0.2, 0) is 6.54 Å². The maximum atomic E-state index is 11.9. The van der Waals surface area contributed by atoms with E-state index in [4.69, 9.17) is 5.73 Å². The van der Waals surface area contributed by atoms with Crippen LogP contribution >= 0.6 is 11.8 Å². The maximum absolute atomic E-state index is 11.9. The number of alkyl halides is 3. The number of rotatable bonds is 5. The van der Waals surface area contributed by atoms with Crippen LogP contribution in [0.5, 0.6) is 0 Å². The largest absolute Gasteiger partial charge is 0.441 e. The van der Waals surface area contributed by atoms with Gasteiger partial charge < -0.3 is 10.3 Å². The number of aryl methyl sites for hydroxylation is 1. The summed E-state index contributed by atoms with van der Waals surface area (Å²) in [5.74, 6) is -0.0245. The van der Waals surface area contributed by atoms with Crippen molar-refractivity contribution in [2.45, 2.75) is 31.4 Å². The SMILES string of the molecule is CC[C@@H](N)c1cncn1CCSC(F)(F)F. The van der Waals surface area contributed by atoms with Crippen LogP contribution in [0.4, 0.5) is 13.2 Å². The molecule has 0 aromatic carbocycles. The highest BCUT2D eigenvalue weighted by atomic mass is 32.2. The van der Waals surface area contributed by atoms with E-state index in [0.717, 1.165) is 12.1 Å². The van der Waals surface area contributed by atoms with E-state index < -0.39 is 5.51 Å². The second-order valence-electron chi connectivity index (χ2n) is 3.32. The van der Waals surface area contributed by atoms with Crippen molar-refractivity contribution in [1.82, 2.24) is 9.55 Å². The zero-order valence-electron chi connectivity index (χ0n) is 8.87. The summed E-state index contributed by atoms with van der Waals surface area (Å²) in [5, 5.41) is 0. The van der Waals surface area contributed by atoms with Gasteiger partial charge in [-0.05, 0) is 18.2 Å². The van der Waals surface area contributed by atoms with E-state index in [1.54, 1.807) is 10.8 Å². The van der Waals surface area contributed by atoms with E-state index in [9.17, 15) is 13.2 Å². The molecule has 1 rings (SSSR count). The minimum absolute atomic E-state index is 0.0245. The lowest BCUT2D eigenvalue weighted by Gasteiger charge is -2.13. The second-order valence-corrected chi connectivity index (χ2v) is 4.48. The predicted molar refractivity (Wildman–Crippen MR) is 58.0 cm³/mol. The van der Waals surface area contributed by atoms with Gasteiger partial charge in [0.05, 0.1) is 12.0 Å². The third kappa shape index (κ3) is 4.05. The van der Waals surface area contributed by atoms with Crippen molar-refractivity contribution in [3.05, 3.63) is 18.2 Å². The normalized spacial score (nSPS) is 14.1. The Balaban J connectivity index is 2.51. The molecule has 1 aromatic heterocycles. The van der Waals surface area contributed by atoms with Crippen molar-refractivity contribution in [3.8, 4) is 0 Å². The van der Waals surface area contributed by atoms with E-state index in [1.807, 2.05) is 6.92 Å². The minimum atomic E-state index is -4.17. The number of aromatic nitrogens is 2. The van der Waals surface area contributed by atoms with E-state index in [0.29, 0.717) is 0 Å². The van der Waals surface area contributed by atoms with Crippen molar-refractivity contribution in [3.63, 3.8) is 0 Å². The van der Waals surface area contributed by atoms with E-state index in [1.165, 1.54) is 6.33 Å². The summed E-state index contributed by atoms with van der Waals surface area (Å²) in [5.41, 5.74) is 2.42. The molecule has 0 saturated carbocycles. The molecule has 1 heterocycles. The van der Waals surface area contributed by atoms with E-state index >= 15 is 0 Å². The molecule has 1 aromatic rings. The van der Waals surface area contributed by atoms with Gasteiger partial charge in [0.25, 0.3) is 0 Å². The first-order valence-corrected chi connectivity index (χ1v) is 5.89. The minimum Gasteiger partial charge on any atom is -0.332 e. The van der Waals surface area contributed by atoms with Gasteiger partial charge in [-0.3, -0.25) is 0 Å². The third-order valence-corrected chi connectivity index (χ3v) is 2.88. The predicted octanol–water partition coefficient (Wildman–Crippen LogP) is 2.55. The Labute approximate surface area is 96.2 Å². The molecule has 0 radical (unpaired) electrons. The molecule has 7 heteroatoms. The Bertz CT molecular complexity index is 324. The van der Waals surface area contributed by atoms with Gasteiger partial charge in [-0.1, -0.05) is 6.92 Å². The lowest BCUT2D eigenvalue weighted by Crippen LogP contribution is -2.15. The van der Waals surface area contributed by atoms with Crippen molar-refractivity contribution >= 4 is 11.8 Å². The first-order chi connectivity index (χ1) is 7.44. The van der Waals surface area contributed by atoms with Crippen molar-refractivity contribution < 1.29 is 13.2 Å². The molecule has 0 saturated heterocycles. The van der Waals surface area contributed by atoms with Crippen LogP contribution < -0.4 is 5.73 Å². The molecule has 3 nitrogen and oxygen atoms in total.